The molecule has 0 atom stereocenters. The summed E-state index contributed by atoms with van der Waals surface area (Å²) in [5.41, 5.74) is 11.9. The molecule has 0 radical (unpaired) electrons. The minimum Gasteiger partial charge on any atom is -0.456 e. The van der Waals surface area contributed by atoms with Gasteiger partial charge in [0, 0.05) is 28.4 Å². The molecule has 0 bridgehead atoms. The number of para-hydroxylation sites is 1. The van der Waals surface area contributed by atoms with Crippen LogP contribution in [0.5, 0.6) is 0 Å². The van der Waals surface area contributed by atoms with Gasteiger partial charge in [0.1, 0.15) is 16.7 Å². The van der Waals surface area contributed by atoms with Gasteiger partial charge in [-0.2, -0.15) is 0 Å². The van der Waals surface area contributed by atoms with Crippen LogP contribution in [-0.2, 0) is 0 Å². The number of aromatic nitrogens is 1. The van der Waals surface area contributed by atoms with E-state index < -0.39 is 0 Å². The molecule has 2 aromatic heterocycles. The number of fused-ring (bicyclic) bond motifs is 4. The van der Waals surface area contributed by atoms with Gasteiger partial charge >= 0.3 is 0 Å². The van der Waals surface area contributed by atoms with Crippen molar-refractivity contribution in [2.75, 3.05) is 4.90 Å². The van der Waals surface area contributed by atoms with E-state index in [1.807, 2.05) is 48.5 Å². The lowest BCUT2D eigenvalue weighted by atomic mass is 9.94. The van der Waals surface area contributed by atoms with Gasteiger partial charge in [0.2, 0.25) is 5.89 Å². The monoisotopic (exact) mass is 604 g/mol. The van der Waals surface area contributed by atoms with Crippen LogP contribution in [-0.4, -0.2) is 4.98 Å². The van der Waals surface area contributed by atoms with Crippen LogP contribution in [0, 0.1) is 0 Å². The van der Waals surface area contributed by atoms with Crippen molar-refractivity contribution in [1.29, 1.82) is 0 Å². The fraction of sp³-hybridized carbons (Fsp3) is 0. The molecule has 2 heterocycles. The molecular formula is C43H28N2O2. The Kier molecular flexibility index (Phi) is 6.43. The Balaban J connectivity index is 1.19. The SMILES string of the molecule is c1ccc(-c2nc3cc4oc5cccc(N(c6ccccc6)c6ccc(-c7ccccc7-c7ccccc7)cc6)c5c4cc3o2)cc1. The number of hydrogen-bond donors (Lipinski definition) is 0. The van der Waals surface area contributed by atoms with Crippen LogP contribution in [0.3, 0.4) is 0 Å². The Labute approximate surface area is 271 Å². The zero-order valence-electron chi connectivity index (χ0n) is 25.4. The maximum Gasteiger partial charge on any atom is 0.227 e. The zero-order chi connectivity index (χ0) is 31.2. The summed E-state index contributed by atoms with van der Waals surface area (Å²) in [6.45, 7) is 0. The van der Waals surface area contributed by atoms with Gasteiger partial charge in [-0.25, -0.2) is 4.98 Å². The summed E-state index contributed by atoms with van der Waals surface area (Å²) in [4.78, 5) is 7.07. The number of hydrogen-bond acceptors (Lipinski definition) is 4. The average Bonchev–Trinajstić information content (AvgIpc) is 3.73. The maximum atomic E-state index is 6.46. The van der Waals surface area contributed by atoms with Crippen LogP contribution in [0.15, 0.2) is 179 Å². The van der Waals surface area contributed by atoms with Crippen LogP contribution in [0.4, 0.5) is 17.1 Å². The van der Waals surface area contributed by atoms with Gasteiger partial charge in [-0.15, -0.1) is 0 Å². The summed E-state index contributed by atoms with van der Waals surface area (Å²) >= 11 is 0. The lowest BCUT2D eigenvalue weighted by molar-refractivity contribution is 0.620. The van der Waals surface area contributed by atoms with Crippen LogP contribution >= 0.6 is 0 Å². The smallest absolute Gasteiger partial charge is 0.227 e. The number of nitrogens with zero attached hydrogens (tertiary/aromatic N) is 2. The minimum atomic E-state index is 0.595. The molecular weight excluding hydrogens is 576 g/mol. The molecule has 0 aliphatic heterocycles. The first-order valence-electron chi connectivity index (χ1n) is 15.7. The molecule has 4 nitrogen and oxygen atoms in total. The van der Waals surface area contributed by atoms with Gasteiger partial charge < -0.3 is 13.7 Å². The molecule has 9 rings (SSSR count). The van der Waals surface area contributed by atoms with Crippen LogP contribution in [0.1, 0.15) is 0 Å². The fourth-order valence-electron chi connectivity index (χ4n) is 6.52. The van der Waals surface area contributed by atoms with Gasteiger partial charge in [0.05, 0.1) is 11.1 Å². The van der Waals surface area contributed by atoms with E-state index in [0.29, 0.717) is 5.89 Å². The van der Waals surface area contributed by atoms with E-state index in [9.17, 15) is 0 Å². The first-order chi connectivity index (χ1) is 23.3. The molecule has 0 unspecified atom stereocenters. The molecule has 0 aliphatic carbocycles. The zero-order valence-corrected chi connectivity index (χ0v) is 25.4. The van der Waals surface area contributed by atoms with Gasteiger partial charge in [-0.1, -0.05) is 109 Å². The molecule has 0 fully saturated rings. The first-order valence-corrected chi connectivity index (χ1v) is 15.7. The number of anilines is 3. The van der Waals surface area contributed by atoms with E-state index in [-0.39, 0.29) is 0 Å². The molecule has 0 saturated heterocycles. The van der Waals surface area contributed by atoms with E-state index in [1.165, 1.54) is 16.7 Å². The quantitative estimate of drug-likeness (QED) is 0.189. The van der Waals surface area contributed by atoms with Crippen molar-refractivity contribution in [3.8, 4) is 33.7 Å². The maximum absolute atomic E-state index is 6.46. The summed E-state index contributed by atoms with van der Waals surface area (Å²) in [7, 11) is 0. The van der Waals surface area contributed by atoms with Crippen molar-refractivity contribution in [3.05, 3.63) is 170 Å². The highest BCUT2D eigenvalue weighted by molar-refractivity contribution is 6.15. The molecule has 0 N–H and O–H groups in total. The van der Waals surface area contributed by atoms with Gasteiger partial charge in [-0.05, 0) is 76.9 Å². The summed E-state index contributed by atoms with van der Waals surface area (Å²) in [5.74, 6) is 0.595. The third-order valence-electron chi connectivity index (χ3n) is 8.71. The Hall–Kier alpha value is -6.39. The molecule has 0 amide bonds. The van der Waals surface area contributed by atoms with Crippen molar-refractivity contribution in [3.63, 3.8) is 0 Å². The number of furan rings is 1. The second kappa shape index (κ2) is 11.2. The van der Waals surface area contributed by atoms with Crippen molar-refractivity contribution in [2.24, 2.45) is 0 Å². The topological polar surface area (TPSA) is 42.4 Å². The fourth-order valence-corrected chi connectivity index (χ4v) is 6.52. The van der Waals surface area contributed by atoms with Crippen molar-refractivity contribution >= 4 is 50.1 Å². The molecule has 0 aliphatic rings. The molecule has 9 aromatic rings. The van der Waals surface area contributed by atoms with Crippen LogP contribution in [0.2, 0.25) is 0 Å². The minimum absolute atomic E-state index is 0.595. The third-order valence-corrected chi connectivity index (χ3v) is 8.71. The predicted octanol–water partition coefficient (Wildman–Crippen LogP) is 12.2. The lowest BCUT2D eigenvalue weighted by Gasteiger charge is -2.26. The lowest BCUT2D eigenvalue weighted by Crippen LogP contribution is -2.10. The highest BCUT2D eigenvalue weighted by atomic mass is 16.4. The Morgan fingerprint density at radius 2 is 1.02 bits per heavy atom. The van der Waals surface area contributed by atoms with E-state index in [1.54, 1.807) is 0 Å². The Morgan fingerprint density at radius 3 is 1.72 bits per heavy atom. The van der Waals surface area contributed by atoms with E-state index >= 15 is 0 Å². The van der Waals surface area contributed by atoms with Gasteiger partial charge in [0.25, 0.3) is 0 Å². The van der Waals surface area contributed by atoms with Gasteiger partial charge in [-0.3, -0.25) is 0 Å². The van der Waals surface area contributed by atoms with E-state index in [0.717, 1.165) is 61.2 Å². The first kappa shape index (κ1) is 27.0. The molecule has 7 aromatic carbocycles. The van der Waals surface area contributed by atoms with Crippen LogP contribution < -0.4 is 4.90 Å². The Morgan fingerprint density at radius 1 is 0.426 bits per heavy atom. The number of benzene rings is 7. The van der Waals surface area contributed by atoms with Crippen molar-refractivity contribution < 1.29 is 8.83 Å². The van der Waals surface area contributed by atoms with Crippen LogP contribution in [0.25, 0.3) is 66.7 Å². The van der Waals surface area contributed by atoms with Crippen molar-refractivity contribution in [2.45, 2.75) is 0 Å². The molecule has 4 heteroatoms. The van der Waals surface area contributed by atoms with E-state index in [4.69, 9.17) is 13.8 Å². The highest BCUT2D eigenvalue weighted by Crippen LogP contribution is 2.44. The molecule has 0 spiro atoms. The van der Waals surface area contributed by atoms with Crippen molar-refractivity contribution in [1.82, 2.24) is 4.98 Å². The third kappa shape index (κ3) is 4.75. The average molecular weight is 605 g/mol. The number of oxazole rings is 1. The second-order valence-corrected chi connectivity index (χ2v) is 11.6. The standard InChI is InChI=1S/C43H28N2O2/c1-4-13-29(14-5-1)34-19-10-11-20-35(34)30-23-25-33(26-24-30)45(32-17-8-3-9-18-32)38-21-12-22-39-42(38)36-27-41-37(28-40(36)46-39)44-43(47-41)31-15-6-2-7-16-31/h1-28H. The molecule has 47 heavy (non-hydrogen) atoms. The van der Waals surface area contributed by atoms with E-state index in [2.05, 4.69) is 126 Å². The summed E-state index contributed by atoms with van der Waals surface area (Å²) in [5, 5.41) is 2.00. The largest absolute Gasteiger partial charge is 0.456 e. The number of rotatable bonds is 6. The normalized spacial score (nSPS) is 11.4. The molecule has 222 valence electrons. The molecule has 0 saturated carbocycles. The Bertz CT molecular complexity index is 2500. The van der Waals surface area contributed by atoms with Gasteiger partial charge in [0.15, 0.2) is 5.58 Å². The highest BCUT2D eigenvalue weighted by Gasteiger charge is 2.21. The summed E-state index contributed by atoms with van der Waals surface area (Å²) in [6, 6.07) is 58.7. The predicted molar refractivity (Wildman–Crippen MR) is 192 cm³/mol. The second-order valence-electron chi connectivity index (χ2n) is 11.6. The summed E-state index contributed by atoms with van der Waals surface area (Å²) < 4.78 is 12.7. The summed E-state index contributed by atoms with van der Waals surface area (Å²) in [6.07, 6.45) is 0.